The highest BCUT2D eigenvalue weighted by Crippen LogP contribution is 2.13. The van der Waals surface area contributed by atoms with Crippen LogP contribution in [-0.2, 0) is 11.3 Å². The zero-order chi connectivity index (χ0) is 13.7. The number of nitrogens with one attached hydrogen (secondary N) is 1. The minimum absolute atomic E-state index is 0.0391. The molecule has 0 atom stereocenters. The van der Waals surface area contributed by atoms with Crippen LogP contribution in [0.25, 0.3) is 0 Å². The fraction of sp³-hybridized carbons (Fsp3) is 0.467. The quantitative estimate of drug-likeness (QED) is 0.899. The van der Waals surface area contributed by atoms with Crippen LogP contribution >= 0.6 is 0 Å². The zero-order valence-corrected chi connectivity index (χ0v) is 11.3. The molecule has 4 nitrogen and oxygen atoms in total. The van der Waals surface area contributed by atoms with Gasteiger partial charge in [0, 0.05) is 31.6 Å². The van der Waals surface area contributed by atoms with E-state index in [1.165, 1.54) is 0 Å². The summed E-state index contributed by atoms with van der Waals surface area (Å²) in [5.74, 6) is 0.152. The van der Waals surface area contributed by atoms with Crippen LogP contribution in [0, 0.1) is 0 Å². The smallest absolute Gasteiger partial charge is 0.253 e. The predicted molar refractivity (Wildman–Crippen MR) is 73.7 cm³/mol. The molecule has 1 aliphatic heterocycles. The lowest BCUT2D eigenvalue weighted by Crippen LogP contribution is -2.27. The number of likely N-dealkylation sites (tertiary alicyclic amines) is 1. The Labute approximate surface area is 113 Å². The summed E-state index contributed by atoms with van der Waals surface area (Å²) in [6.45, 7) is 4.08. The monoisotopic (exact) mass is 260 g/mol. The molecule has 1 heterocycles. The molecule has 0 saturated carbocycles. The molecule has 4 heteroatoms. The minimum atomic E-state index is 0.0391. The maximum Gasteiger partial charge on any atom is 0.253 e. The van der Waals surface area contributed by atoms with Crippen molar-refractivity contribution in [3.63, 3.8) is 0 Å². The van der Waals surface area contributed by atoms with Gasteiger partial charge in [0.25, 0.3) is 5.91 Å². The predicted octanol–water partition coefficient (Wildman–Crippen LogP) is 1.95. The Balaban J connectivity index is 1.94. The molecule has 1 aromatic rings. The lowest BCUT2D eigenvalue weighted by atomic mass is 10.1. The first-order valence-corrected chi connectivity index (χ1v) is 6.85. The summed E-state index contributed by atoms with van der Waals surface area (Å²) in [7, 11) is 0. The summed E-state index contributed by atoms with van der Waals surface area (Å²) in [4.78, 5) is 25.2. The van der Waals surface area contributed by atoms with E-state index in [0.717, 1.165) is 37.1 Å². The fourth-order valence-corrected chi connectivity index (χ4v) is 2.19. The van der Waals surface area contributed by atoms with Gasteiger partial charge in [-0.3, -0.25) is 9.59 Å². The molecule has 102 valence electrons. The number of rotatable bonds is 4. The second-order valence-corrected chi connectivity index (χ2v) is 4.83. The van der Waals surface area contributed by atoms with E-state index in [1.54, 1.807) is 0 Å². The number of hydrogen-bond acceptors (Lipinski definition) is 2. The van der Waals surface area contributed by atoms with Gasteiger partial charge in [0.2, 0.25) is 5.91 Å². The molecule has 0 aromatic heterocycles. The molecule has 1 aliphatic rings. The Morgan fingerprint density at radius 2 is 1.79 bits per heavy atom. The van der Waals surface area contributed by atoms with Gasteiger partial charge in [-0.2, -0.15) is 0 Å². The van der Waals surface area contributed by atoms with Crippen LogP contribution in [0.4, 0.5) is 0 Å². The first-order chi connectivity index (χ1) is 9.20. The van der Waals surface area contributed by atoms with Gasteiger partial charge in [0.05, 0.1) is 0 Å². The van der Waals surface area contributed by atoms with E-state index in [4.69, 9.17) is 0 Å². The van der Waals surface area contributed by atoms with Crippen LogP contribution in [-0.4, -0.2) is 29.8 Å². The standard InChI is InChI=1S/C15H20N2O2/c1-2-14(18)16-11-12-5-7-13(8-6-12)15(19)17-9-3-4-10-17/h5-8H,2-4,9-11H2,1H3,(H,16,18). The molecule has 2 rings (SSSR count). The van der Waals surface area contributed by atoms with Gasteiger partial charge in [-0.15, -0.1) is 0 Å². The van der Waals surface area contributed by atoms with E-state index < -0.39 is 0 Å². The number of carbonyl (C=O) groups is 2. The molecule has 0 aliphatic carbocycles. The summed E-state index contributed by atoms with van der Waals surface area (Å²) in [6, 6.07) is 7.49. The Morgan fingerprint density at radius 3 is 2.37 bits per heavy atom. The topological polar surface area (TPSA) is 49.4 Å². The average molecular weight is 260 g/mol. The van der Waals surface area contributed by atoms with Crippen LogP contribution < -0.4 is 5.32 Å². The van der Waals surface area contributed by atoms with E-state index in [-0.39, 0.29) is 11.8 Å². The molecule has 19 heavy (non-hydrogen) atoms. The van der Waals surface area contributed by atoms with E-state index in [9.17, 15) is 9.59 Å². The highest BCUT2D eigenvalue weighted by molar-refractivity contribution is 5.94. The molecule has 1 fully saturated rings. The molecular formula is C15H20N2O2. The molecule has 1 aromatic carbocycles. The normalized spacial score (nSPS) is 14.5. The van der Waals surface area contributed by atoms with Crippen molar-refractivity contribution in [2.45, 2.75) is 32.7 Å². The largest absolute Gasteiger partial charge is 0.352 e. The van der Waals surface area contributed by atoms with E-state index >= 15 is 0 Å². The van der Waals surface area contributed by atoms with Gasteiger partial charge in [0.15, 0.2) is 0 Å². The van der Waals surface area contributed by atoms with Crippen molar-refractivity contribution >= 4 is 11.8 Å². The summed E-state index contributed by atoms with van der Waals surface area (Å²) in [5.41, 5.74) is 1.74. The van der Waals surface area contributed by atoms with Gasteiger partial charge in [-0.1, -0.05) is 19.1 Å². The summed E-state index contributed by atoms with van der Waals surface area (Å²) in [6.07, 6.45) is 2.70. The number of nitrogens with zero attached hydrogens (tertiary/aromatic N) is 1. The molecule has 0 bridgehead atoms. The SMILES string of the molecule is CCC(=O)NCc1ccc(C(=O)N2CCCC2)cc1. The van der Waals surface area contributed by atoms with Crippen molar-refractivity contribution < 1.29 is 9.59 Å². The first kappa shape index (κ1) is 13.6. The second kappa shape index (κ2) is 6.36. The highest BCUT2D eigenvalue weighted by Gasteiger charge is 2.18. The third-order valence-corrected chi connectivity index (χ3v) is 3.40. The Hall–Kier alpha value is -1.84. The minimum Gasteiger partial charge on any atom is -0.352 e. The van der Waals surface area contributed by atoms with Crippen molar-refractivity contribution in [2.75, 3.05) is 13.1 Å². The van der Waals surface area contributed by atoms with Crippen molar-refractivity contribution in [3.05, 3.63) is 35.4 Å². The molecule has 1 saturated heterocycles. The second-order valence-electron chi connectivity index (χ2n) is 4.83. The van der Waals surface area contributed by atoms with E-state index in [0.29, 0.717) is 13.0 Å². The fourth-order valence-electron chi connectivity index (χ4n) is 2.19. The lowest BCUT2D eigenvalue weighted by Gasteiger charge is -2.15. The number of carbonyl (C=O) groups excluding carboxylic acids is 2. The van der Waals surface area contributed by atoms with Gasteiger partial charge < -0.3 is 10.2 Å². The average Bonchev–Trinajstić information content (AvgIpc) is 2.98. The summed E-state index contributed by atoms with van der Waals surface area (Å²) >= 11 is 0. The van der Waals surface area contributed by atoms with Crippen molar-refractivity contribution in [3.8, 4) is 0 Å². The Kier molecular flexibility index (Phi) is 4.55. The molecular weight excluding hydrogens is 240 g/mol. The third kappa shape index (κ3) is 3.56. The molecule has 0 radical (unpaired) electrons. The number of benzene rings is 1. The van der Waals surface area contributed by atoms with Crippen molar-refractivity contribution in [1.82, 2.24) is 10.2 Å². The van der Waals surface area contributed by atoms with Gasteiger partial charge in [-0.05, 0) is 30.5 Å². The Bertz CT molecular complexity index is 448. The lowest BCUT2D eigenvalue weighted by molar-refractivity contribution is -0.120. The molecule has 0 unspecified atom stereocenters. The van der Waals surface area contributed by atoms with Crippen LogP contribution in [0.5, 0.6) is 0 Å². The van der Waals surface area contributed by atoms with E-state index in [1.807, 2.05) is 36.1 Å². The maximum absolute atomic E-state index is 12.1. The molecule has 0 spiro atoms. The summed E-state index contributed by atoms with van der Waals surface area (Å²) in [5, 5.41) is 2.82. The summed E-state index contributed by atoms with van der Waals surface area (Å²) < 4.78 is 0. The maximum atomic E-state index is 12.1. The van der Waals surface area contributed by atoms with Crippen molar-refractivity contribution in [1.29, 1.82) is 0 Å². The van der Waals surface area contributed by atoms with Crippen molar-refractivity contribution in [2.24, 2.45) is 0 Å². The highest BCUT2D eigenvalue weighted by atomic mass is 16.2. The van der Waals surface area contributed by atoms with Gasteiger partial charge in [-0.25, -0.2) is 0 Å². The first-order valence-electron chi connectivity index (χ1n) is 6.85. The number of hydrogen-bond donors (Lipinski definition) is 1. The van der Waals surface area contributed by atoms with Gasteiger partial charge in [0.1, 0.15) is 0 Å². The van der Waals surface area contributed by atoms with Gasteiger partial charge >= 0.3 is 0 Å². The van der Waals surface area contributed by atoms with E-state index in [2.05, 4.69) is 5.32 Å². The van der Waals surface area contributed by atoms with Crippen LogP contribution in [0.15, 0.2) is 24.3 Å². The van der Waals surface area contributed by atoms with Crippen LogP contribution in [0.1, 0.15) is 42.1 Å². The van der Waals surface area contributed by atoms with Crippen LogP contribution in [0.3, 0.4) is 0 Å². The number of amides is 2. The Morgan fingerprint density at radius 1 is 1.16 bits per heavy atom. The van der Waals surface area contributed by atoms with Crippen LogP contribution in [0.2, 0.25) is 0 Å². The molecule has 1 N–H and O–H groups in total. The molecule has 2 amide bonds. The third-order valence-electron chi connectivity index (χ3n) is 3.40. The zero-order valence-electron chi connectivity index (χ0n) is 11.3.